The molecular weight excluding hydrogens is 445 g/mol. The monoisotopic (exact) mass is 479 g/mol. The van der Waals surface area contributed by atoms with Gasteiger partial charge in [-0.05, 0) is 51.7 Å². The molecule has 2 unspecified atom stereocenters. The minimum Gasteiger partial charge on any atom is -0.357 e. The van der Waals surface area contributed by atoms with Gasteiger partial charge in [0.05, 0.1) is 0 Å². The Kier molecular flexibility index (Phi) is 11.6. The molecule has 2 rings (SSSR count). The normalized spacial score (nSPS) is 20.4. The average Bonchev–Trinajstić information content (AvgIpc) is 3.17. The van der Waals surface area contributed by atoms with Crippen molar-refractivity contribution in [1.29, 1.82) is 0 Å². The van der Waals surface area contributed by atoms with Gasteiger partial charge in [-0.25, -0.2) is 4.98 Å². The summed E-state index contributed by atoms with van der Waals surface area (Å²) in [7, 11) is 0. The number of hydrogen-bond acceptors (Lipinski definition) is 3. The van der Waals surface area contributed by atoms with Crippen molar-refractivity contribution in [2.24, 2.45) is 4.99 Å². The van der Waals surface area contributed by atoms with E-state index in [1.165, 1.54) is 25.0 Å². The first-order valence-corrected chi connectivity index (χ1v) is 10.4. The van der Waals surface area contributed by atoms with Gasteiger partial charge in [-0.1, -0.05) is 6.92 Å². The Bertz CT molecular complexity index is 505. The van der Waals surface area contributed by atoms with Gasteiger partial charge in [-0.15, -0.1) is 24.0 Å². The van der Waals surface area contributed by atoms with Gasteiger partial charge in [0.25, 0.3) is 0 Å². The second kappa shape index (κ2) is 12.8. The highest BCUT2D eigenvalue weighted by molar-refractivity contribution is 14.0. The number of rotatable bonds is 9. The number of imidazole rings is 1. The molecule has 0 bridgehead atoms. The molecule has 2 N–H and O–H groups in total. The van der Waals surface area contributed by atoms with E-state index in [0.717, 1.165) is 49.5 Å². The highest BCUT2D eigenvalue weighted by Crippen LogP contribution is 2.29. The Hall–Kier alpha value is -0.440. The fourth-order valence-corrected chi connectivity index (χ4v) is 4.34. The molecule has 1 aliphatic carbocycles. The summed E-state index contributed by atoms with van der Waals surface area (Å²) < 4.78 is 2.21. The fourth-order valence-electron chi connectivity index (χ4n) is 3.20. The Labute approximate surface area is 174 Å². The predicted molar refractivity (Wildman–Crippen MR) is 120 cm³/mol. The molecule has 0 radical (unpaired) electrons. The summed E-state index contributed by atoms with van der Waals surface area (Å²) in [5.74, 6) is 3.31. The van der Waals surface area contributed by atoms with E-state index >= 15 is 0 Å². The topological polar surface area (TPSA) is 54.2 Å². The number of aryl methyl sites for hydroxylation is 2. The summed E-state index contributed by atoms with van der Waals surface area (Å²) in [5.41, 5.74) is 0. The Morgan fingerprint density at radius 2 is 2.20 bits per heavy atom. The summed E-state index contributed by atoms with van der Waals surface area (Å²) in [6, 6.07) is 0.584. The van der Waals surface area contributed by atoms with Crippen molar-refractivity contribution >= 4 is 41.7 Å². The van der Waals surface area contributed by atoms with Crippen LogP contribution in [0.5, 0.6) is 0 Å². The third-order valence-corrected chi connectivity index (χ3v) is 5.71. The third-order valence-electron chi connectivity index (χ3n) is 4.47. The van der Waals surface area contributed by atoms with Gasteiger partial charge in [-0.3, -0.25) is 4.99 Å². The molecule has 1 aliphatic rings. The first kappa shape index (κ1) is 22.6. The van der Waals surface area contributed by atoms with Crippen molar-refractivity contribution in [3.05, 3.63) is 18.2 Å². The van der Waals surface area contributed by atoms with Crippen molar-refractivity contribution in [2.75, 3.05) is 18.8 Å². The van der Waals surface area contributed by atoms with Crippen LogP contribution < -0.4 is 10.6 Å². The summed E-state index contributed by atoms with van der Waals surface area (Å²) in [6.45, 7) is 9.26. The Morgan fingerprint density at radius 1 is 1.36 bits per heavy atom. The molecule has 1 fully saturated rings. The predicted octanol–water partition coefficient (Wildman–Crippen LogP) is 3.82. The van der Waals surface area contributed by atoms with Crippen molar-refractivity contribution in [2.45, 2.75) is 70.7 Å². The number of nitrogens with one attached hydrogen (secondary N) is 2. The van der Waals surface area contributed by atoms with Gasteiger partial charge >= 0.3 is 0 Å². The number of thioether (sulfide) groups is 1. The lowest BCUT2D eigenvalue weighted by Gasteiger charge is -2.17. The first-order chi connectivity index (χ1) is 11.7. The molecular formula is C18H34IN5S. The summed E-state index contributed by atoms with van der Waals surface area (Å²) in [5, 5.41) is 7.84. The molecule has 144 valence electrons. The molecule has 0 amide bonds. The number of aliphatic imine (C=N–C) groups is 1. The maximum Gasteiger partial charge on any atom is 0.191 e. The van der Waals surface area contributed by atoms with Crippen LogP contribution in [0.3, 0.4) is 0 Å². The van der Waals surface area contributed by atoms with Crippen LogP contribution in [0.2, 0.25) is 0 Å². The Balaban J connectivity index is 0.00000312. The molecule has 7 heteroatoms. The van der Waals surface area contributed by atoms with Gasteiger partial charge in [0.15, 0.2) is 5.96 Å². The van der Waals surface area contributed by atoms with E-state index in [9.17, 15) is 0 Å². The number of guanidine groups is 1. The van der Waals surface area contributed by atoms with Crippen molar-refractivity contribution in [3.63, 3.8) is 0 Å². The van der Waals surface area contributed by atoms with E-state index in [2.05, 4.69) is 58.9 Å². The number of aromatic nitrogens is 2. The highest BCUT2D eigenvalue weighted by Gasteiger charge is 2.24. The van der Waals surface area contributed by atoms with Crippen LogP contribution in [0.1, 0.15) is 51.8 Å². The minimum atomic E-state index is 0. The summed E-state index contributed by atoms with van der Waals surface area (Å²) >= 11 is 2.10. The zero-order valence-electron chi connectivity index (χ0n) is 15.8. The van der Waals surface area contributed by atoms with Crippen LogP contribution >= 0.6 is 35.7 Å². The van der Waals surface area contributed by atoms with Gasteiger partial charge in [0, 0.05) is 43.3 Å². The van der Waals surface area contributed by atoms with Gasteiger partial charge in [0.2, 0.25) is 0 Å². The second-order valence-corrected chi connectivity index (χ2v) is 7.94. The maximum atomic E-state index is 4.75. The van der Waals surface area contributed by atoms with Crippen LogP contribution in [-0.2, 0) is 6.54 Å². The quantitative estimate of drug-likeness (QED) is 0.245. The summed E-state index contributed by atoms with van der Waals surface area (Å²) in [4.78, 5) is 9.01. The molecule has 1 aromatic heterocycles. The molecule has 0 aliphatic heterocycles. The lowest BCUT2D eigenvalue weighted by atomic mass is 10.2. The zero-order valence-corrected chi connectivity index (χ0v) is 19.0. The second-order valence-electron chi connectivity index (χ2n) is 6.37. The molecule has 0 saturated heterocycles. The lowest BCUT2D eigenvalue weighted by molar-refractivity contribution is 0.593. The average molecular weight is 479 g/mol. The van der Waals surface area contributed by atoms with Crippen molar-refractivity contribution in [3.8, 4) is 0 Å². The van der Waals surface area contributed by atoms with Crippen LogP contribution in [0, 0.1) is 6.92 Å². The maximum absolute atomic E-state index is 4.75. The molecule has 2 atom stereocenters. The SMILES string of the molecule is CCNC(=NCCCCn1ccnc1C)NC1CCC(SCC)C1.I. The molecule has 5 nitrogen and oxygen atoms in total. The van der Waals surface area contributed by atoms with E-state index in [-0.39, 0.29) is 24.0 Å². The third kappa shape index (κ3) is 8.19. The largest absolute Gasteiger partial charge is 0.357 e. The number of hydrogen-bond donors (Lipinski definition) is 2. The fraction of sp³-hybridized carbons (Fsp3) is 0.778. The van der Waals surface area contributed by atoms with Gasteiger partial charge < -0.3 is 15.2 Å². The number of unbranched alkanes of at least 4 members (excludes halogenated alkanes) is 1. The number of halogens is 1. The number of nitrogens with zero attached hydrogens (tertiary/aromatic N) is 3. The summed E-state index contributed by atoms with van der Waals surface area (Å²) in [6.07, 6.45) is 10.0. The molecule has 1 heterocycles. The van der Waals surface area contributed by atoms with E-state index in [1.807, 2.05) is 6.20 Å². The van der Waals surface area contributed by atoms with Gasteiger partial charge in [0.1, 0.15) is 5.82 Å². The van der Waals surface area contributed by atoms with Crippen LogP contribution in [0.15, 0.2) is 17.4 Å². The first-order valence-electron chi connectivity index (χ1n) is 9.37. The standard InChI is InChI=1S/C18H33N5S.HI/c1-4-19-18(22-16-8-9-17(14-16)24-5-2)21-10-6-7-12-23-13-11-20-15(23)3;/h11,13,16-17H,4-10,12,14H2,1-3H3,(H2,19,21,22);1H. The van der Waals surface area contributed by atoms with E-state index in [4.69, 9.17) is 4.99 Å². The van der Waals surface area contributed by atoms with Crippen molar-refractivity contribution in [1.82, 2.24) is 20.2 Å². The molecule has 1 saturated carbocycles. The smallest absolute Gasteiger partial charge is 0.191 e. The zero-order chi connectivity index (χ0) is 17.2. The van der Waals surface area contributed by atoms with Crippen LogP contribution in [0.4, 0.5) is 0 Å². The van der Waals surface area contributed by atoms with Crippen LogP contribution in [-0.4, -0.2) is 45.6 Å². The van der Waals surface area contributed by atoms with E-state index < -0.39 is 0 Å². The molecule has 0 aromatic carbocycles. The Morgan fingerprint density at radius 3 is 2.88 bits per heavy atom. The van der Waals surface area contributed by atoms with Crippen LogP contribution in [0.25, 0.3) is 0 Å². The molecule has 0 spiro atoms. The lowest BCUT2D eigenvalue weighted by Crippen LogP contribution is -2.42. The van der Waals surface area contributed by atoms with E-state index in [1.54, 1.807) is 0 Å². The molecule has 1 aromatic rings. The minimum absolute atomic E-state index is 0. The van der Waals surface area contributed by atoms with Crippen molar-refractivity contribution < 1.29 is 0 Å². The van der Waals surface area contributed by atoms with E-state index in [0.29, 0.717) is 6.04 Å². The molecule has 25 heavy (non-hydrogen) atoms. The highest BCUT2D eigenvalue weighted by atomic mass is 127. The van der Waals surface area contributed by atoms with Gasteiger partial charge in [-0.2, -0.15) is 11.8 Å².